The number of amides is 3. The first-order chi connectivity index (χ1) is 19.3. The smallest absolute Gasteiger partial charge is 0.408 e. The Balaban J connectivity index is 1.43. The fourth-order valence-corrected chi connectivity index (χ4v) is 5.45. The van der Waals surface area contributed by atoms with Crippen molar-refractivity contribution in [1.82, 2.24) is 20.5 Å². The van der Waals surface area contributed by atoms with Gasteiger partial charge < -0.3 is 24.7 Å². The molecule has 1 aliphatic rings. The fourth-order valence-electron chi connectivity index (χ4n) is 4.28. The second-order valence-electron chi connectivity index (χ2n) is 9.70. The predicted octanol–water partition coefficient (Wildman–Crippen LogP) is 3.44. The van der Waals surface area contributed by atoms with E-state index in [9.17, 15) is 19.2 Å². The Morgan fingerprint density at radius 3 is 2.33 bits per heavy atom. The standard InChI is InChI=1S/C29H32N4O6S/c1-19(2)24(32-29(37)39-16-21-11-7-4-8-12-21)28(36)33-18-40-17-23(33)26(35)31-22(15-20-9-5-3-6-10-20)25(34)27-30-13-14-38-27/h3-14,19,22-24H,15-18H2,1-2H3,(H,31,35)(H,32,37)/t22-,23-,24-/m0/s1. The minimum Gasteiger partial charge on any atom is -0.445 e. The van der Waals surface area contributed by atoms with Gasteiger partial charge in [-0.25, -0.2) is 9.78 Å². The third-order valence-electron chi connectivity index (χ3n) is 6.45. The summed E-state index contributed by atoms with van der Waals surface area (Å²) in [4.78, 5) is 58.1. The van der Waals surface area contributed by atoms with E-state index in [0.29, 0.717) is 5.75 Å². The van der Waals surface area contributed by atoms with Gasteiger partial charge in [0.2, 0.25) is 17.6 Å². The summed E-state index contributed by atoms with van der Waals surface area (Å²) in [5, 5.41) is 5.48. The van der Waals surface area contributed by atoms with Gasteiger partial charge >= 0.3 is 6.09 Å². The van der Waals surface area contributed by atoms with E-state index in [0.717, 1.165) is 11.1 Å². The molecule has 210 valence electrons. The van der Waals surface area contributed by atoms with Gasteiger partial charge in [0.15, 0.2) is 0 Å². The van der Waals surface area contributed by atoms with Crippen molar-refractivity contribution in [2.24, 2.45) is 5.92 Å². The molecule has 10 nitrogen and oxygen atoms in total. The lowest BCUT2D eigenvalue weighted by Gasteiger charge is -2.30. The molecular weight excluding hydrogens is 532 g/mol. The van der Waals surface area contributed by atoms with Crippen LogP contribution in [0.1, 0.15) is 35.7 Å². The summed E-state index contributed by atoms with van der Waals surface area (Å²) in [6.07, 6.45) is 2.17. The van der Waals surface area contributed by atoms with Crippen molar-refractivity contribution in [2.45, 2.75) is 45.0 Å². The molecule has 0 saturated carbocycles. The predicted molar refractivity (Wildman–Crippen MR) is 149 cm³/mol. The first kappa shape index (κ1) is 28.9. The number of ether oxygens (including phenoxy) is 1. The van der Waals surface area contributed by atoms with Crippen LogP contribution in [0.25, 0.3) is 0 Å². The van der Waals surface area contributed by atoms with Gasteiger partial charge in [-0.15, -0.1) is 11.8 Å². The van der Waals surface area contributed by atoms with Crippen LogP contribution >= 0.6 is 11.8 Å². The molecule has 0 bridgehead atoms. The van der Waals surface area contributed by atoms with Crippen LogP contribution in [0.4, 0.5) is 4.79 Å². The quantitative estimate of drug-likeness (QED) is 0.339. The zero-order chi connectivity index (χ0) is 28.5. The van der Waals surface area contributed by atoms with E-state index in [1.807, 2.05) is 74.5 Å². The summed E-state index contributed by atoms with van der Waals surface area (Å²) < 4.78 is 10.5. The fraction of sp³-hybridized carbons (Fsp3) is 0.345. The number of aromatic nitrogens is 1. The highest BCUT2D eigenvalue weighted by Gasteiger charge is 2.40. The van der Waals surface area contributed by atoms with Gasteiger partial charge in [0.1, 0.15) is 31.0 Å². The number of ketones is 1. The van der Waals surface area contributed by atoms with Gasteiger partial charge in [-0.05, 0) is 17.0 Å². The molecule has 3 atom stereocenters. The molecule has 4 rings (SSSR count). The van der Waals surface area contributed by atoms with Crippen LogP contribution in [0.3, 0.4) is 0 Å². The number of rotatable bonds is 11. The molecule has 3 aromatic rings. The summed E-state index contributed by atoms with van der Waals surface area (Å²) >= 11 is 1.42. The van der Waals surface area contributed by atoms with E-state index in [-0.39, 0.29) is 30.7 Å². The number of nitrogens with one attached hydrogen (secondary N) is 2. The van der Waals surface area contributed by atoms with Crippen LogP contribution in [0.2, 0.25) is 0 Å². The molecule has 2 aromatic carbocycles. The maximum Gasteiger partial charge on any atom is 0.408 e. The number of carbonyl (C=O) groups is 4. The summed E-state index contributed by atoms with van der Waals surface area (Å²) in [5.41, 5.74) is 1.67. The van der Waals surface area contributed by atoms with E-state index >= 15 is 0 Å². The number of oxazole rings is 1. The average Bonchev–Trinajstić information content (AvgIpc) is 3.68. The number of hydrogen-bond donors (Lipinski definition) is 2. The highest BCUT2D eigenvalue weighted by Crippen LogP contribution is 2.24. The molecule has 0 radical (unpaired) electrons. The van der Waals surface area contributed by atoms with Crippen molar-refractivity contribution in [3.8, 4) is 0 Å². The topological polar surface area (TPSA) is 131 Å². The van der Waals surface area contributed by atoms with E-state index in [2.05, 4.69) is 15.6 Å². The average molecular weight is 565 g/mol. The zero-order valence-electron chi connectivity index (χ0n) is 22.3. The molecule has 40 heavy (non-hydrogen) atoms. The van der Waals surface area contributed by atoms with Crippen LogP contribution in [0, 0.1) is 5.92 Å². The largest absolute Gasteiger partial charge is 0.445 e. The van der Waals surface area contributed by atoms with E-state index < -0.39 is 41.8 Å². The molecule has 0 unspecified atom stereocenters. The highest BCUT2D eigenvalue weighted by atomic mass is 32.2. The van der Waals surface area contributed by atoms with Crippen LogP contribution in [-0.4, -0.2) is 63.3 Å². The SMILES string of the molecule is CC(C)[C@H](NC(=O)OCc1ccccc1)C(=O)N1CSC[C@H]1C(=O)N[C@@H](Cc1ccccc1)C(=O)c1ncco1. The molecular formula is C29H32N4O6S. The number of benzene rings is 2. The van der Waals surface area contributed by atoms with Gasteiger partial charge in [0.25, 0.3) is 5.89 Å². The number of Topliss-reactive ketones (excluding diaryl/α,β-unsaturated/α-hetero) is 1. The lowest BCUT2D eigenvalue weighted by atomic mass is 10.0. The summed E-state index contributed by atoms with van der Waals surface area (Å²) in [7, 11) is 0. The molecule has 3 amide bonds. The monoisotopic (exact) mass is 564 g/mol. The molecule has 11 heteroatoms. The summed E-state index contributed by atoms with van der Waals surface area (Å²) in [6, 6.07) is 15.8. The number of alkyl carbamates (subject to hydrolysis) is 1. The Morgan fingerprint density at radius 2 is 1.70 bits per heavy atom. The number of nitrogens with zero attached hydrogens (tertiary/aromatic N) is 2. The third-order valence-corrected chi connectivity index (χ3v) is 7.46. The number of hydrogen-bond acceptors (Lipinski definition) is 8. The van der Waals surface area contributed by atoms with Crippen molar-refractivity contribution in [1.29, 1.82) is 0 Å². The van der Waals surface area contributed by atoms with Crippen LogP contribution in [0.5, 0.6) is 0 Å². The number of thioether (sulfide) groups is 1. The van der Waals surface area contributed by atoms with Gasteiger partial charge in [-0.2, -0.15) is 0 Å². The summed E-state index contributed by atoms with van der Waals surface area (Å²) in [6.45, 7) is 3.68. The minimum absolute atomic E-state index is 0.0671. The first-order valence-electron chi connectivity index (χ1n) is 13.0. The second-order valence-corrected chi connectivity index (χ2v) is 10.7. The Labute approximate surface area is 236 Å². The van der Waals surface area contributed by atoms with Crippen LogP contribution < -0.4 is 10.6 Å². The maximum atomic E-state index is 13.6. The molecule has 1 saturated heterocycles. The van der Waals surface area contributed by atoms with Crippen LogP contribution in [-0.2, 0) is 27.4 Å². The van der Waals surface area contributed by atoms with E-state index in [1.54, 1.807) is 0 Å². The van der Waals surface area contributed by atoms with E-state index in [1.165, 1.54) is 29.1 Å². The van der Waals surface area contributed by atoms with Crippen molar-refractivity contribution in [3.05, 3.63) is 90.1 Å². The lowest BCUT2D eigenvalue weighted by molar-refractivity contribution is -0.140. The minimum atomic E-state index is -0.942. The Hall–Kier alpha value is -4.12. The van der Waals surface area contributed by atoms with Crippen molar-refractivity contribution in [3.63, 3.8) is 0 Å². The van der Waals surface area contributed by atoms with Crippen LogP contribution in [0.15, 0.2) is 77.5 Å². The van der Waals surface area contributed by atoms with Gasteiger partial charge in [-0.3, -0.25) is 14.4 Å². The summed E-state index contributed by atoms with van der Waals surface area (Å²) in [5.74, 6) is -1.06. The van der Waals surface area contributed by atoms with Gasteiger partial charge in [0, 0.05) is 12.2 Å². The third kappa shape index (κ3) is 7.50. The van der Waals surface area contributed by atoms with Crippen molar-refractivity contribution >= 4 is 35.5 Å². The molecule has 1 aromatic heterocycles. The Bertz CT molecular complexity index is 1290. The molecule has 1 fully saturated rings. The first-order valence-corrected chi connectivity index (χ1v) is 14.1. The van der Waals surface area contributed by atoms with Crippen molar-refractivity contribution < 1.29 is 28.3 Å². The molecule has 0 aliphatic carbocycles. The molecule has 2 N–H and O–H groups in total. The van der Waals surface area contributed by atoms with Gasteiger partial charge in [-0.1, -0.05) is 74.5 Å². The maximum absolute atomic E-state index is 13.6. The number of carbonyl (C=O) groups excluding carboxylic acids is 4. The second kappa shape index (κ2) is 13.8. The molecule has 2 heterocycles. The Morgan fingerprint density at radius 1 is 1.02 bits per heavy atom. The lowest BCUT2D eigenvalue weighted by Crippen LogP contribution is -2.57. The van der Waals surface area contributed by atoms with E-state index in [4.69, 9.17) is 9.15 Å². The van der Waals surface area contributed by atoms with Crippen molar-refractivity contribution in [2.75, 3.05) is 11.6 Å². The molecule has 0 spiro atoms. The molecule has 1 aliphatic heterocycles. The highest BCUT2D eigenvalue weighted by molar-refractivity contribution is 7.99. The normalized spacial score (nSPS) is 16.3. The Kier molecular flexibility index (Phi) is 9.96. The zero-order valence-corrected chi connectivity index (χ0v) is 23.1. The van der Waals surface area contributed by atoms with Gasteiger partial charge in [0.05, 0.1) is 12.1 Å².